The van der Waals surface area contributed by atoms with Gasteiger partial charge in [-0.25, -0.2) is 0 Å². The van der Waals surface area contributed by atoms with Crippen LogP contribution in [0.4, 0.5) is 5.69 Å². The van der Waals surface area contributed by atoms with Gasteiger partial charge in [-0.15, -0.1) is 11.1 Å². The molecule has 0 aromatic heterocycles. The Morgan fingerprint density at radius 2 is 1.24 bits per heavy atom. The van der Waals surface area contributed by atoms with Crippen molar-refractivity contribution in [1.82, 2.24) is 0 Å². The van der Waals surface area contributed by atoms with Crippen LogP contribution in [0.2, 0.25) is 36.3 Å². The molecule has 0 aliphatic rings. The van der Waals surface area contributed by atoms with Crippen LogP contribution in [-0.2, 0) is 0 Å². The van der Waals surface area contributed by atoms with Crippen molar-refractivity contribution >= 4 is 21.8 Å². The highest BCUT2D eigenvalue weighted by molar-refractivity contribution is 6.90. The zero-order chi connectivity index (χ0) is 25.4. The first-order valence-electron chi connectivity index (χ1n) is 11.7. The number of benzene rings is 1. The summed E-state index contributed by atoms with van der Waals surface area (Å²) in [4.78, 5) is 2.05. The third-order valence-electron chi connectivity index (χ3n) is 5.91. The molecule has 0 radical (unpaired) electrons. The van der Waals surface area contributed by atoms with Gasteiger partial charge in [0.05, 0.1) is 5.57 Å². The summed E-state index contributed by atoms with van der Waals surface area (Å²) in [6, 6.07) is 10.3. The van der Waals surface area contributed by atoms with E-state index in [4.69, 9.17) is 0 Å². The van der Waals surface area contributed by atoms with Crippen molar-refractivity contribution in [2.75, 3.05) is 19.0 Å². The Bertz CT molecular complexity index is 1050. The number of rotatable bonds is 4. The van der Waals surface area contributed by atoms with E-state index in [1.165, 1.54) is 0 Å². The Kier molecular flexibility index (Phi) is 10.3. The molecular formula is C29H40N2Si2. The molecule has 1 rings (SSSR count). The van der Waals surface area contributed by atoms with Gasteiger partial charge in [-0.05, 0) is 46.8 Å². The molecule has 0 N–H and O–H groups in total. The quantitative estimate of drug-likeness (QED) is 0.267. The molecule has 0 unspecified atom stereocenters. The van der Waals surface area contributed by atoms with Crippen molar-refractivity contribution < 1.29 is 0 Å². The fraction of sp³-hybridized carbons (Fsp3) is 0.483. The van der Waals surface area contributed by atoms with E-state index in [1.54, 1.807) is 0 Å². The first-order valence-corrected chi connectivity index (χ1v) is 17.5. The van der Waals surface area contributed by atoms with Crippen molar-refractivity contribution in [1.29, 1.82) is 5.26 Å². The van der Waals surface area contributed by atoms with Gasteiger partial charge in [-0.1, -0.05) is 78.9 Å². The number of allylic oxidation sites excluding steroid dienone is 2. The highest BCUT2D eigenvalue weighted by atomic mass is 28.3. The third-order valence-corrected chi connectivity index (χ3v) is 13.1. The number of hydrogen-bond acceptors (Lipinski definition) is 2. The average Bonchev–Trinajstić information content (AvgIpc) is 2.70. The molecule has 0 fully saturated rings. The lowest BCUT2D eigenvalue weighted by molar-refractivity contribution is 0.838. The highest BCUT2D eigenvalue weighted by Crippen LogP contribution is 2.40. The summed E-state index contributed by atoms with van der Waals surface area (Å²) in [5.41, 5.74) is 11.6. The maximum atomic E-state index is 9.95. The van der Waals surface area contributed by atoms with Crippen LogP contribution in [0.5, 0.6) is 0 Å². The van der Waals surface area contributed by atoms with Crippen LogP contribution in [0.3, 0.4) is 0 Å². The Morgan fingerprint density at radius 3 is 1.64 bits per heavy atom. The van der Waals surface area contributed by atoms with Gasteiger partial charge >= 0.3 is 0 Å². The van der Waals surface area contributed by atoms with E-state index >= 15 is 0 Å². The zero-order valence-electron chi connectivity index (χ0n) is 22.4. The first-order chi connectivity index (χ1) is 15.2. The minimum atomic E-state index is -1.94. The molecule has 0 saturated heterocycles. The second-order valence-corrected chi connectivity index (χ2v) is 21.0. The SMILES string of the molecule is CC(C)[Si](C#C/C(C#C[Si](C)(C)C)=C(/C#N)C#Cc1ccc(N(C)C)cc1)(C(C)C)C(C)C. The fourth-order valence-corrected chi connectivity index (χ4v) is 9.84. The number of anilines is 1. The normalized spacial score (nSPS) is 12.0. The summed E-state index contributed by atoms with van der Waals surface area (Å²) in [5, 5.41) is 9.95. The van der Waals surface area contributed by atoms with Crippen LogP contribution in [0.15, 0.2) is 35.4 Å². The lowest BCUT2D eigenvalue weighted by atomic mass is 10.1. The Morgan fingerprint density at radius 1 is 0.758 bits per heavy atom. The van der Waals surface area contributed by atoms with Gasteiger partial charge in [-0.3, -0.25) is 0 Å². The van der Waals surface area contributed by atoms with Crippen LogP contribution < -0.4 is 4.90 Å². The van der Waals surface area contributed by atoms with Gasteiger partial charge in [0.15, 0.2) is 0 Å². The van der Waals surface area contributed by atoms with E-state index in [-0.39, 0.29) is 0 Å². The van der Waals surface area contributed by atoms with E-state index in [2.05, 4.69) is 102 Å². The fourth-order valence-electron chi connectivity index (χ4n) is 4.13. The average molecular weight is 473 g/mol. The summed E-state index contributed by atoms with van der Waals surface area (Å²) in [6.45, 7) is 20.3. The number of hydrogen-bond donors (Lipinski definition) is 0. The molecule has 1 aromatic rings. The molecule has 0 aliphatic heterocycles. The van der Waals surface area contributed by atoms with E-state index in [9.17, 15) is 5.26 Å². The zero-order valence-corrected chi connectivity index (χ0v) is 24.4. The highest BCUT2D eigenvalue weighted by Gasteiger charge is 2.41. The van der Waals surface area contributed by atoms with Crippen LogP contribution in [0, 0.1) is 46.1 Å². The minimum absolute atomic E-state index is 0.365. The molecule has 1 aromatic carbocycles. The molecule has 0 bridgehead atoms. The van der Waals surface area contributed by atoms with E-state index in [0.717, 1.165) is 11.3 Å². The molecule has 0 atom stereocenters. The largest absolute Gasteiger partial charge is 0.378 e. The first kappa shape index (κ1) is 28.4. The Balaban J connectivity index is 3.69. The van der Waals surface area contributed by atoms with Crippen LogP contribution in [0.25, 0.3) is 0 Å². The summed E-state index contributed by atoms with van der Waals surface area (Å²) in [6.07, 6.45) is 0. The second-order valence-electron chi connectivity index (χ2n) is 10.7. The number of nitriles is 1. The maximum Gasteiger partial charge on any atom is 0.146 e. The van der Waals surface area contributed by atoms with Crippen molar-refractivity contribution in [2.45, 2.75) is 77.8 Å². The van der Waals surface area contributed by atoms with E-state index < -0.39 is 16.1 Å². The smallest absolute Gasteiger partial charge is 0.146 e. The molecule has 0 amide bonds. The standard InChI is InChI=1S/C29H40N2Si2/c1-23(2)33(24(3)4,25(5)6)21-19-27(18-20-32(9,10)11)28(22-30)15-12-26-13-16-29(17-14-26)31(7)8/h13-14,16-17,23-25H,1-11H3/b28-27+. The van der Waals surface area contributed by atoms with Crippen molar-refractivity contribution in [3.8, 4) is 40.8 Å². The monoisotopic (exact) mass is 472 g/mol. The molecule has 174 valence electrons. The predicted molar refractivity (Wildman–Crippen MR) is 150 cm³/mol. The van der Waals surface area contributed by atoms with Gasteiger partial charge in [0.1, 0.15) is 27.8 Å². The summed E-state index contributed by atoms with van der Waals surface area (Å²) < 4.78 is 0. The lowest BCUT2D eigenvalue weighted by Crippen LogP contribution is -2.43. The molecule has 0 aliphatic carbocycles. The van der Waals surface area contributed by atoms with Gasteiger partial charge in [-0.2, -0.15) is 5.26 Å². The number of nitrogens with zero attached hydrogens (tertiary/aromatic N) is 2. The Hall–Kier alpha value is -2.64. The Labute approximate surface area is 205 Å². The molecule has 2 nitrogen and oxygen atoms in total. The lowest BCUT2D eigenvalue weighted by Gasteiger charge is -2.38. The predicted octanol–water partition coefficient (Wildman–Crippen LogP) is 7.03. The summed E-state index contributed by atoms with van der Waals surface area (Å²) in [7, 11) is 0.437. The van der Waals surface area contributed by atoms with Gasteiger partial charge in [0.2, 0.25) is 0 Å². The molecule has 4 heteroatoms. The maximum absolute atomic E-state index is 9.95. The summed E-state index contributed by atoms with van der Waals surface area (Å²) >= 11 is 0. The van der Waals surface area contributed by atoms with Crippen molar-refractivity contribution in [3.05, 3.63) is 41.0 Å². The van der Waals surface area contributed by atoms with Gasteiger partial charge < -0.3 is 4.90 Å². The second kappa shape index (κ2) is 12.0. The topological polar surface area (TPSA) is 27.0 Å². The molecule has 0 heterocycles. The molecular weight excluding hydrogens is 433 g/mol. The molecule has 0 saturated carbocycles. The van der Waals surface area contributed by atoms with E-state index in [0.29, 0.717) is 27.8 Å². The third kappa shape index (κ3) is 8.02. The van der Waals surface area contributed by atoms with E-state index in [1.807, 2.05) is 43.3 Å². The molecule has 0 spiro atoms. The summed E-state index contributed by atoms with van der Waals surface area (Å²) in [5.74, 6) is 12.9. The minimum Gasteiger partial charge on any atom is -0.378 e. The van der Waals surface area contributed by atoms with Crippen LogP contribution in [0.1, 0.15) is 47.1 Å². The van der Waals surface area contributed by atoms with Gasteiger partial charge in [0, 0.05) is 25.3 Å². The molecule has 33 heavy (non-hydrogen) atoms. The van der Waals surface area contributed by atoms with Crippen LogP contribution in [-0.4, -0.2) is 30.2 Å². The van der Waals surface area contributed by atoms with Crippen molar-refractivity contribution in [3.63, 3.8) is 0 Å². The van der Waals surface area contributed by atoms with Crippen LogP contribution >= 0.6 is 0 Å². The van der Waals surface area contributed by atoms with Crippen molar-refractivity contribution in [2.24, 2.45) is 0 Å². The van der Waals surface area contributed by atoms with Gasteiger partial charge in [0.25, 0.3) is 0 Å².